The second kappa shape index (κ2) is 5.18. The molecule has 0 spiro atoms. The molecule has 0 heterocycles. The van der Waals surface area contributed by atoms with Crippen LogP contribution in [0, 0.1) is 17.8 Å². The second-order valence-electron chi connectivity index (χ2n) is 4.18. The summed E-state index contributed by atoms with van der Waals surface area (Å²) in [5.74, 6) is 8.07. The largest absolute Gasteiger partial charge is 0.271 e. The van der Waals surface area contributed by atoms with Crippen LogP contribution in [0.4, 0.5) is 0 Å². The van der Waals surface area contributed by atoms with E-state index in [2.05, 4.69) is 32.1 Å². The van der Waals surface area contributed by atoms with Crippen LogP contribution in [0.3, 0.4) is 0 Å². The van der Waals surface area contributed by atoms with Crippen LogP contribution in [-0.2, 0) is 0 Å². The zero-order valence-electron chi connectivity index (χ0n) is 8.35. The molecule has 0 saturated heterocycles. The summed E-state index contributed by atoms with van der Waals surface area (Å²) in [4.78, 5) is 0. The first-order chi connectivity index (χ1) is 5.52. The van der Waals surface area contributed by atoms with E-state index in [9.17, 15) is 0 Å². The van der Waals surface area contributed by atoms with Crippen molar-refractivity contribution in [3.63, 3.8) is 0 Å². The van der Waals surface area contributed by atoms with Crippen molar-refractivity contribution in [1.82, 2.24) is 5.43 Å². The summed E-state index contributed by atoms with van der Waals surface area (Å²) >= 11 is 0. The Morgan fingerprint density at radius 3 is 2.42 bits per heavy atom. The van der Waals surface area contributed by atoms with Crippen LogP contribution < -0.4 is 11.3 Å². The van der Waals surface area contributed by atoms with Crippen molar-refractivity contribution in [2.45, 2.75) is 46.1 Å². The molecule has 0 aliphatic rings. The van der Waals surface area contributed by atoms with Gasteiger partial charge in [-0.25, -0.2) is 0 Å². The van der Waals surface area contributed by atoms with Crippen molar-refractivity contribution in [3.05, 3.63) is 0 Å². The molecular formula is C10H20N2. The summed E-state index contributed by atoms with van der Waals surface area (Å²) in [6, 6.07) is 0.353. The van der Waals surface area contributed by atoms with Gasteiger partial charge in [-0.3, -0.25) is 11.3 Å². The monoisotopic (exact) mass is 168 g/mol. The van der Waals surface area contributed by atoms with Gasteiger partial charge in [0.2, 0.25) is 0 Å². The average Bonchev–Trinajstić information content (AvgIpc) is 1.95. The molecule has 2 nitrogen and oxygen atoms in total. The van der Waals surface area contributed by atoms with Gasteiger partial charge in [0.05, 0.1) is 0 Å². The van der Waals surface area contributed by atoms with Crippen LogP contribution >= 0.6 is 0 Å². The first kappa shape index (κ1) is 11.5. The number of hydrogen-bond donors (Lipinski definition) is 2. The molecule has 0 amide bonds. The molecule has 1 unspecified atom stereocenters. The number of terminal acetylenes is 1. The van der Waals surface area contributed by atoms with Gasteiger partial charge in [0.25, 0.3) is 0 Å². The average molecular weight is 168 g/mol. The molecule has 12 heavy (non-hydrogen) atoms. The predicted octanol–water partition coefficient (Wildman–Crippen LogP) is 1.67. The lowest BCUT2D eigenvalue weighted by atomic mass is 9.84. The Bertz CT molecular complexity index is 150. The van der Waals surface area contributed by atoms with Crippen molar-refractivity contribution in [3.8, 4) is 12.3 Å². The lowest BCUT2D eigenvalue weighted by Gasteiger charge is -2.29. The third-order valence-electron chi connectivity index (χ3n) is 2.06. The summed E-state index contributed by atoms with van der Waals surface area (Å²) in [7, 11) is 0. The molecule has 3 N–H and O–H groups in total. The number of hydrazine groups is 1. The van der Waals surface area contributed by atoms with E-state index in [1.807, 2.05) is 0 Å². The van der Waals surface area contributed by atoms with Crippen LogP contribution in [0.25, 0.3) is 0 Å². The van der Waals surface area contributed by atoms with Crippen LogP contribution in [0.15, 0.2) is 0 Å². The van der Waals surface area contributed by atoms with Gasteiger partial charge in [-0.2, -0.15) is 0 Å². The summed E-state index contributed by atoms with van der Waals surface area (Å²) in [6.07, 6.45) is 8.10. The molecule has 2 heteroatoms. The third-order valence-corrected chi connectivity index (χ3v) is 2.06. The first-order valence-electron chi connectivity index (χ1n) is 4.42. The molecule has 0 aliphatic carbocycles. The number of hydrogen-bond acceptors (Lipinski definition) is 2. The van der Waals surface area contributed by atoms with Gasteiger partial charge in [-0.05, 0) is 18.3 Å². The topological polar surface area (TPSA) is 38.0 Å². The van der Waals surface area contributed by atoms with E-state index in [0.717, 1.165) is 19.3 Å². The van der Waals surface area contributed by atoms with Crippen molar-refractivity contribution < 1.29 is 0 Å². The smallest absolute Gasteiger partial charge is 0.0259 e. The lowest BCUT2D eigenvalue weighted by molar-refractivity contribution is 0.254. The minimum atomic E-state index is 0.212. The summed E-state index contributed by atoms with van der Waals surface area (Å²) < 4.78 is 0. The molecule has 0 bridgehead atoms. The zero-order valence-corrected chi connectivity index (χ0v) is 8.35. The molecule has 0 aliphatic heterocycles. The quantitative estimate of drug-likeness (QED) is 0.290. The molecule has 0 radical (unpaired) electrons. The van der Waals surface area contributed by atoms with Gasteiger partial charge < -0.3 is 0 Å². The second-order valence-corrected chi connectivity index (χ2v) is 4.18. The van der Waals surface area contributed by atoms with Crippen molar-refractivity contribution >= 4 is 0 Å². The standard InChI is InChI=1S/C10H20N2/c1-5-6-7-8-9(12-11)10(2,3)4/h1,9,12H,6-8,11H2,2-4H3. The maximum Gasteiger partial charge on any atom is 0.0259 e. The molecule has 0 saturated carbocycles. The number of nitrogens with one attached hydrogen (secondary N) is 1. The maximum absolute atomic E-state index is 5.44. The molecule has 0 fully saturated rings. The Kier molecular flexibility index (Phi) is 4.96. The van der Waals surface area contributed by atoms with E-state index in [-0.39, 0.29) is 5.41 Å². The highest BCUT2D eigenvalue weighted by Gasteiger charge is 2.22. The van der Waals surface area contributed by atoms with E-state index in [4.69, 9.17) is 12.3 Å². The first-order valence-corrected chi connectivity index (χ1v) is 4.42. The predicted molar refractivity (Wildman–Crippen MR) is 53.3 cm³/mol. The molecule has 0 aromatic heterocycles. The van der Waals surface area contributed by atoms with Crippen molar-refractivity contribution in [1.29, 1.82) is 0 Å². The highest BCUT2D eigenvalue weighted by molar-refractivity contribution is 4.85. The van der Waals surface area contributed by atoms with Gasteiger partial charge in [-0.15, -0.1) is 12.3 Å². The Hall–Kier alpha value is -0.520. The van der Waals surface area contributed by atoms with Crippen molar-refractivity contribution in [2.24, 2.45) is 11.3 Å². The minimum absolute atomic E-state index is 0.212. The number of unbranched alkanes of at least 4 members (excludes halogenated alkanes) is 1. The fraction of sp³-hybridized carbons (Fsp3) is 0.800. The zero-order chi connectivity index (χ0) is 9.61. The summed E-state index contributed by atoms with van der Waals surface area (Å²) in [6.45, 7) is 6.52. The number of nitrogens with two attached hydrogens (primary N) is 1. The third kappa shape index (κ3) is 4.38. The van der Waals surface area contributed by atoms with Gasteiger partial charge >= 0.3 is 0 Å². The highest BCUT2D eigenvalue weighted by atomic mass is 15.2. The maximum atomic E-state index is 5.44. The van der Waals surface area contributed by atoms with Crippen molar-refractivity contribution in [2.75, 3.05) is 0 Å². The fourth-order valence-corrected chi connectivity index (χ4v) is 1.17. The lowest BCUT2D eigenvalue weighted by Crippen LogP contribution is -2.44. The van der Waals surface area contributed by atoms with Crippen LogP contribution in [-0.4, -0.2) is 6.04 Å². The molecule has 0 aromatic rings. The van der Waals surface area contributed by atoms with E-state index in [1.165, 1.54) is 0 Å². The van der Waals surface area contributed by atoms with E-state index in [1.54, 1.807) is 0 Å². The van der Waals surface area contributed by atoms with Crippen LogP contribution in [0.5, 0.6) is 0 Å². The van der Waals surface area contributed by atoms with Gasteiger partial charge in [0, 0.05) is 12.5 Å². The molecule has 70 valence electrons. The van der Waals surface area contributed by atoms with E-state index in [0.29, 0.717) is 6.04 Å². The van der Waals surface area contributed by atoms with Gasteiger partial charge in [-0.1, -0.05) is 20.8 Å². The van der Waals surface area contributed by atoms with Gasteiger partial charge in [0.15, 0.2) is 0 Å². The number of rotatable bonds is 4. The highest BCUT2D eigenvalue weighted by Crippen LogP contribution is 2.22. The Morgan fingerprint density at radius 1 is 1.50 bits per heavy atom. The Balaban J connectivity index is 3.78. The van der Waals surface area contributed by atoms with Crippen LogP contribution in [0.2, 0.25) is 0 Å². The fourth-order valence-electron chi connectivity index (χ4n) is 1.17. The molecule has 0 aromatic carbocycles. The Morgan fingerprint density at radius 2 is 2.08 bits per heavy atom. The van der Waals surface area contributed by atoms with Gasteiger partial charge in [0.1, 0.15) is 0 Å². The molecule has 1 atom stereocenters. The summed E-state index contributed by atoms with van der Waals surface area (Å²) in [5.41, 5.74) is 3.04. The molecule has 0 rings (SSSR count). The summed E-state index contributed by atoms with van der Waals surface area (Å²) in [5, 5.41) is 0. The SMILES string of the molecule is C#CCCCC(NN)C(C)(C)C. The van der Waals surface area contributed by atoms with Crippen LogP contribution in [0.1, 0.15) is 40.0 Å². The van der Waals surface area contributed by atoms with E-state index >= 15 is 0 Å². The van der Waals surface area contributed by atoms with E-state index < -0.39 is 0 Å². The Labute approximate surface area is 75.9 Å². The normalized spacial score (nSPS) is 13.9. The minimum Gasteiger partial charge on any atom is -0.271 e. The molecular weight excluding hydrogens is 148 g/mol.